The van der Waals surface area contributed by atoms with Crippen LogP contribution in [0.2, 0.25) is 0 Å². The molecule has 1 saturated heterocycles. The van der Waals surface area contributed by atoms with Gasteiger partial charge in [0.25, 0.3) is 0 Å². The Balaban J connectivity index is 0.00000180. The molecule has 3 aromatic heterocycles. The van der Waals surface area contributed by atoms with Crippen molar-refractivity contribution in [3.8, 4) is 5.69 Å². The van der Waals surface area contributed by atoms with Gasteiger partial charge in [-0.05, 0) is 32.0 Å². The fourth-order valence-corrected chi connectivity index (χ4v) is 4.89. The highest BCUT2D eigenvalue weighted by Gasteiger charge is 2.27. The van der Waals surface area contributed by atoms with Crippen LogP contribution >= 0.6 is 23.7 Å². The molecule has 0 radical (unpaired) electrons. The predicted molar refractivity (Wildman–Crippen MR) is 108 cm³/mol. The van der Waals surface area contributed by atoms with Gasteiger partial charge in [-0.3, -0.25) is 4.90 Å². The number of nitrogens with one attached hydrogen (secondary N) is 1. The lowest BCUT2D eigenvalue weighted by Crippen LogP contribution is -2.34. The van der Waals surface area contributed by atoms with Crippen LogP contribution in [0.5, 0.6) is 0 Å². The van der Waals surface area contributed by atoms with Crippen LogP contribution in [0, 0.1) is 0 Å². The molecule has 0 amide bonds. The zero-order chi connectivity index (χ0) is 17.3. The zero-order valence-electron chi connectivity index (χ0n) is 15.1. The van der Waals surface area contributed by atoms with Crippen molar-refractivity contribution in [2.24, 2.45) is 0 Å². The molecule has 2 aliphatic heterocycles. The molecule has 0 bridgehead atoms. The Bertz CT molecular complexity index is 864. The highest BCUT2D eigenvalue weighted by Crippen LogP contribution is 2.29. The highest BCUT2D eigenvalue weighted by atomic mass is 35.5. The topological polar surface area (TPSA) is 63.8 Å². The van der Waals surface area contributed by atoms with Crippen molar-refractivity contribution in [2.45, 2.75) is 38.4 Å². The van der Waals surface area contributed by atoms with Crippen molar-refractivity contribution in [3.05, 3.63) is 46.7 Å². The van der Waals surface area contributed by atoms with Crippen LogP contribution in [0.25, 0.3) is 5.69 Å². The smallest absolute Gasteiger partial charge is 0.147 e. The van der Waals surface area contributed by atoms with Crippen LogP contribution in [0.3, 0.4) is 0 Å². The van der Waals surface area contributed by atoms with E-state index >= 15 is 0 Å². The molecule has 3 aromatic rings. The van der Waals surface area contributed by atoms with Crippen LogP contribution in [-0.4, -0.2) is 48.8 Å². The Morgan fingerprint density at radius 3 is 2.89 bits per heavy atom. The molecule has 7 nitrogen and oxygen atoms in total. The van der Waals surface area contributed by atoms with Crippen LogP contribution in [0.4, 0.5) is 0 Å². The minimum atomic E-state index is 0. The third kappa shape index (κ3) is 3.80. The molecule has 1 fully saturated rings. The summed E-state index contributed by atoms with van der Waals surface area (Å²) in [6, 6.07) is 2.28. The Kier molecular flexibility index (Phi) is 5.58. The molecule has 9 heteroatoms. The summed E-state index contributed by atoms with van der Waals surface area (Å²) in [5.74, 6) is 2.86. The number of piperidine rings is 1. The maximum Gasteiger partial charge on any atom is 0.147 e. The molecule has 0 spiro atoms. The molecular weight excluding hydrogens is 382 g/mol. The fraction of sp³-hybridized carbons (Fsp3) is 0.500. The van der Waals surface area contributed by atoms with Crippen molar-refractivity contribution in [1.29, 1.82) is 0 Å². The lowest BCUT2D eigenvalue weighted by molar-refractivity contribution is 0.201. The van der Waals surface area contributed by atoms with Crippen LogP contribution in [0.1, 0.15) is 35.3 Å². The van der Waals surface area contributed by atoms with Gasteiger partial charge in [-0.25, -0.2) is 4.98 Å². The van der Waals surface area contributed by atoms with E-state index in [1.54, 1.807) is 0 Å². The van der Waals surface area contributed by atoms with Crippen LogP contribution in [-0.2, 0) is 19.6 Å². The van der Waals surface area contributed by atoms with E-state index in [2.05, 4.69) is 46.0 Å². The number of rotatable bonds is 4. The number of likely N-dealkylation sites (tertiary alicyclic amines) is 1. The maximum atomic E-state index is 4.51. The molecule has 0 atom stereocenters. The third-order valence-corrected chi connectivity index (χ3v) is 6.33. The SMILES string of the molecule is Cl.c1cn(-c2csc(CN3CCC(c4nnc5n4CCNC5)CC3)c2)cn1. The number of fused-ring (bicyclic) bond motifs is 1. The van der Waals surface area contributed by atoms with Gasteiger partial charge in [0.05, 0.1) is 18.6 Å². The first-order chi connectivity index (χ1) is 12.9. The van der Waals surface area contributed by atoms with Gasteiger partial charge in [-0.15, -0.1) is 33.9 Å². The van der Waals surface area contributed by atoms with Gasteiger partial charge in [0, 0.05) is 48.2 Å². The van der Waals surface area contributed by atoms with Crippen molar-refractivity contribution in [3.63, 3.8) is 0 Å². The molecule has 0 unspecified atom stereocenters. The second kappa shape index (κ2) is 8.10. The lowest BCUT2D eigenvalue weighted by Gasteiger charge is -2.31. The Morgan fingerprint density at radius 1 is 1.19 bits per heavy atom. The summed E-state index contributed by atoms with van der Waals surface area (Å²) >= 11 is 1.83. The molecule has 27 heavy (non-hydrogen) atoms. The average molecular weight is 406 g/mol. The van der Waals surface area contributed by atoms with E-state index in [0.717, 1.165) is 45.1 Å². The Labute approximate surface area is 168 Å². The van der Waals surface area contributed by atoms with Crippen molar-refractivity contribution in [1.82, 2.24) is 34.5 Å². The Hall–Kier alpha value is -1.74. The number of thiophene rings is 1. The molecule has 2 aliphatic rings. The zero-order valence-corrected chi connectivity index (χ0v) is 16.8. The van der Waals surface area contributed by atoms with Gasteiger partial charge in [0.15, 0.2) is 0 Å². The molecule has 5 rings (SSSR count). The van der Waals surface area contributed by atoms with Crippen molar-refractivity contribution < 1.29 is 0 Å². The maximum absolute atomic E-state index is 4.51. The van der Waals surface area contributed by atoms with Crippen molar-refractivity contribution in [2.75, 3.05) is 19.6 Å². The first kappa shape index (κ1) is 18.6. The minimum absolute atomic E-state index is 0. The average Bonchev–Trinajstić information content (AvgIpc) is 3.43. The van der Waals surface area contributed by atoms with E-state index in [1.165, 1.54) is 29.2 Å². The minimum Gasteiger partial charge on any atom is -0.312 e. The quantitative estimate of drug-likeness (QED) is 0.722. The summed E-state index contributed by atoms with van der Waals surface area (Å²) in [6.45, 7) is 6.17. The summed E-state index contributed by atoms with van der Waals surface area (Å²) in [4.78, 5) is 8.11. The third-order valence-electron chi connectivity index (χ3n) is 5.43. The summed E-state index contributed by atoms with van der Waals surface area (Å²) in [5.41, 5.74) is 1.21. The number of hydrogen-bond acceptors (Lipinski definition) is 6. The largest absolute Gasteiger partial charge is 0.312 e. The van der Waals surface area contributed by atoms with E-state index in [1.807, 2.05) is 30.1 Å². The predicted octanol–water partition coefficient (Wildman–Crippen LogP) is 2.43. The molecule has 1 N–H and O–H groups in total. The van der Waals surface area contributed by atoms with Gasteiger partial charge in [0.2, 0.25) is 0 Å². The normalized spacial score (nSPS) is 18.2. The summed E-state index contributed by atoms with van der Waals surface area (Å²) in [7, 11) is 0. The van der Waals surface area contributed by atoms with Crippen molar-refractivity contribution >= 4 is 23.7 Å². The summed E-state index contributed by atoms with van der Waals surface area (Å²) in [6.07, 6.45) is 8.01. The summed E-state index contributed by atoms with van der Waals surface area (Å²) < 4.78 is 4.41. The monoisotopic (exact) mass is 405 g/mol. The standard InChI is InChI=1S/C18H23N7S.ClH/c1-5-23(11-16-9-15(12-26-16)24-7-3-20-13-24)6-2-14(1)18-22-21-17-10-19-4-8-25(17)18;/h3,7,9,12-14,19H,1-2,4-6,8,10-11H2;1H. The molecule has 144 valence electrons. The van der Waals surface area contributed by atoms with Crippen LogP contribution < -0.4 is 5.32 Å². The van der Waals surface area contributed by atoms with Gasteiger partial charge in [0.1, 0.15) is 11.6 Å². The molecule has 0 aromatic carbocycles. The van der Waals surface area contributed by atoms with Gasteiger partial charge in [-0.1, -0.05) is 0 Å². The molecule has 5 heterocycles. The van der Waals surface area contributed by atoms with Gasteiger partial charge in [-0.2, -0.15) is 0 Å². The molecule has 0 aliphatic carbocycles. The van der Waals surface area contributed by atoms with E-state index in [0.29, 0.717) is 5.92 Å². The number of nitrogens with zero attached hydrogens (tertiary/aromatic N) is 6. The van der Waals surface area contributed by atoms with E-state index in [-0.39, 0.29) is 12.4 Å². The number of aromatic nitrogens is 5. The molecule has 0 saturated carbocycles. The van der Waals surface area contributed by atoms with E-state index in [4.69, 9.17) is 0 Å². The first-order valence-corrected chi connectivity index (χ1v) is 10.2. The summed E-state index contributed by atoms with van der Waals surface area (Å²) in [5, 5.41) is 14.5. The first-order valence-electron chi connectivity index (χ1n) is 9.27. The second-order valence-electron chi connectivity index (χ2n) is 7.09. The number of imidazole rings is 1. The fourth-order valence-electron chi connectivity index (χ4n) is 3.99. The number of halogens is 1. The van der Waals surface area contributed by atoms with E-state index < -0.39 is 0 Å². The van der Waals surface area contributed by atoms with E-state index in [9.17, 15) is 0 Å². The Morgan fingerprint density at radius 2 is 2.07 bits per heavy atom. The van der Waals surface area contributed by atoms with Crippen LogP contribution in [0.15, 0.2) is 30.2 Å². The van der Waals surface area contributed by atoms with Gasteiger partial charge >= 0.3 is 0 Å². The second-order valence-corrected chi connectivity index (χ2v) is 8.09. The highest BCUT2D eigenvalue weighted by molar-refractivity contribution is 7.10. The van der Waals surface area contributed by atoms with Gasteiger partial charge < -0.3 is 14.5 Å². The molecular formula is C18H24ClN7S. The number of hydrogen-bond donors (Lipinski definition) is 1. The lowest BCUT2D eigenvalue weighted by atomic mass is 9.95.